The van der Waals surface area contributed by atoms with E-state index in [4.69, 9.17) is 27.9 Å². The molecule has 0 radical (unpaired) electrons. The van der Waals surface area contributed by atoms with Crippen LogP contribution in [-0.2, 0) is 4.74 Å². The normalized spacial score (nSPS) is 20.6. The van der Waals surface area contributed by atoms with Crippen molar-refractivity contribution in [1.29, 1.82) is 0 Å². The van der Waals surface area contributed by atoms with E-state index in [1.807, 2.05) is 0 Å². The standard InChI is InChI=1S/C19H24Cl2N4O2/c1-13-10-24(11-14(2)27-13)7-3-6-22-19(26)15-9-23-25(12-15)18-5-4-16(20)8-17(18)21/h4-5,8-9,12-14H,3,6-7,10-11H2,1-2H3,(H,22,26). The summed E-state index contributed by atoms with van der Waals surface area (Å²) in [5.41, 5.74) is 1.17. The Kier molecular flexibility index (Phi) is 6.76. The topological polar surface area (TPSA) is 59.4 Å². The smallest absolute Gasteiger partial charge is 0.254 e. The quantitative estimate of drug-likeness (QED) is 0.741. The van der Waals surface area contributed by atoms with Crippen LogP contribution >= 0.6 is 23.2 Å². The Bertz CT molecular complexity index is 786. The number of carbonyl (C=O) groups excluding carboxylic acids is 1. The number of nitrogens with zero attached hydrogens (tertiary/aromatic N) is 3. The van der Waals surface area contributed by atoms with Crippen LogP contribution in [0.2, 0.25) is 10.0 Å². The molecule has 1 amide bonds. The fourth-order valence-electron chi connectivity index (χ4n) is 3.31. The van der Waals surface area contributed by atoms with Crippen LogP contribution in [-0.4, -0.2) is 59.0 Å². The number of hydrogen-bond donors (Lipinski definition) is 1. The fraction of sp³-hybridized carbons (Fsp3) is 0.474. The molecular weight excluding hydrogens is 387 g/mol. The third-order valence-corrected chi connectivity index (χ3v) is 4.97. The van der Waals surface area contributed by atoms with Crippen LogP contribution in [0.1, 0.15) is 30.6 Å². The van der Waals surface area contributed by atoms with Gasteiger partial charge in [0.25, 0.3) is 5.91 Å². The zero-order valence-corrected chi connectivity index (χ0v) is 17.0. The van der Waals surface area contributed by atoms with Gasteiger partial charge in [-0.05, 0) is 38.5 Å². The van der Waals surface area contributed by atoms with E-state index < -0.39 is 0 Å². The maximum atomic E-state index is 12.3. The first-order chi connectivity index (χ1) is 12.9. The van der Waals surface area contributed by atoms with E-state index in [1.165, 1.54) is 6.20 Å². The van der Waals surface area contributed by atoms with Crippen molar-refractivity contribution in [3.8, 4) is 5.69 Å². The monoisotopic (exact) mass is 410 g/mol. The zero-order chi connectivity index (χ0) is 19.4. The van der Waals surface area contributed by atoms with Crippen LogP contribution in [0, 0.1) is 0 Å². The Hall–Kier alpha value is -1.60. The van der Waals surface area contributed by atoms with Crippen molar-refractivity contribution in [1.82, 2.24) is 20.0 Å². The number of aromatic nitrogens is 2. The highest BCUT2D eigenvalue weighted by atomic mass is 35.5. The largest absolute Gasteiger partial charge is 0.373 e. The van der Waals surface area contributed by atoms with Gasteiger partial charge in [0, 0.05) is 37.4 Å². The van der Waals surface area contributed by atoms with Gasteiger partial charge in [0.05, 0.1) is 34.7 Å². The number of morpholine rings is 1. The Labute approximate surface area is 169 Å². The summed E-state index contributed by atoms with van der Waals surface area (Å²) in [4.78, 5) is 14.7. The van der Waals surface area contributed by atoms with E-state index in [1.54, 1.807) is 29.1 Å². The van der Waals surface area contributed by atoms with Crippen LogP contribution in [0.3, 0.4) is 0 Å². The van der Waals surface area contributed by atoms with E-state index in [2.05, 4.69) is 29.2 Å². The molecule has 1 saturated heterocycles. The molecule has 0 saturated carbocycles. The number of ether oxygens (including phenoxy) is 1. The molecule has 0 bridgehead atoms. The lowest BCUT2D eigenvalue weighted by Crippen LogP contribution is -2.46. The minimum Gasteiger partial charge on any atom is -0.373 e. The average molecular weight is 411 g/mol. The first-order valence-electron chi connectivity index (χ1n) is 9.08. The second-order valence-electron chi connectivity index (χ2n) is 6.90. The summed E-state index contributed by atoms with van der Waals surface area (Å²) >= 11 is 12.1. The Balaban J connectivity index is 1.48. The van der Waals surface area contributed by atoms with Gasteiger partial charge in [-0.25, -0.2) is 4.68 Å². The molecule has 8 heteroatoms. The molecule has 2 atom stereocenters. The van der Waals surface area contributed by atoms with E-state index >= 15 is 0 Å². The summed E-state index contributed by atoms with van der Waals surface area (Å²) in [6.07, 6.45) is 4.60. The van der Waals surface area contributed by atoms with Crippen LogP contribution < -0.4 is 5.32 Å². The van der Waals surface area contributed by atoms with E-state index in [9.17, 15) is 4.79 Å². The molecule has 2 aromatic rings. The predicted octanol–water partition coefficient (Wildman–Crippen LogP) is 3.41. The molecule has 6 nitrogen and oxygen atoms in total. The lowest BCUT2D eigenvalue weighted by atomic mass is 10.2. The molecule has 27 heavy (non-hydrogen) atoms. The van der Waals surface area contributed by atoms with Crippen molar-refractivity contribution in [3.05, 3.63) is 46.2 Å². The molecule has 1 aliphatic heterocycles. The summed E-state index contributed by atoms with van der Waals surface area (Å²) < 4.78 is 7.31. The fourth-order valence-corrected chi connectivity index (χ4v) is 3.81. The van der Waals surface area contributed by atoms with Gasteiger partial charge in [-0.2, -0.15) is 5.10 Å². The number of amides is 1. The number of benzene rings is 1. The summed E-state index contributed by atoms with van der Waals surface area (Å²) in [7, 11) is 0. The molecular formula is C19H24Cl2N4O2. The molecule has 1 aromatic carbocycles. The number of nitrogens with one attached hydrogen (secondary N) is 1. The van der Waals surface area contributed by atoms with Crippen LogP contribution in [0.4, 0.5) is 0 Å². The first kappa shape index (κ1) is 20.1. The van der Waals surface area contributed by atoms with E-state index in [0.29, 0.717) is 27.8 Å². The molecule has 0 aliphatic carbocycles. The molecule has 3 rings (SSSR count). The molecule has 1 aliphatic rings. The average Bonchev–Trinajstić information content (AvgIpc) is 3.07. The van der Waals surface area contributed by atoms with Crippen molar-refractivity contribution < 1.29 is 9.53 Å². The summed E-state index contributed by atoms with van der Waals surface area (Å²) in [6, 6.07) is 5.15. The second kappa shape index (κ2) is 9.06. The molecule has 2 unspecified atom stereocenters. The van der Waals surface area contributed by atoms with E-state index in [0.717, 1.165) is 26.1 Å². The van der Waals surface area contributed by atoms with Crippen molar-refractivity contribution in [2.24, 2.45) is 0 Å². The molecule has 0 spiro atoms. The lowest BCUT2D eigenvalue weighted by molar-refractivity contribution is -0.0679. The highest BCUT2D eigenvalue weighted by Crippen LogP contribution is 2.24. The molecule has 146 valence electrons. The van der Waals surface area contributed by atoms with Gasteiger partial charge in [-0.1, -0.05) is 23.2 Å². The molecule has 1 aromatic heterocycles. The van der Waals surface area contributed by atoms with Gasteiger partial charge in [-0.3, -0.25) is 9.69 Å². The van der Waals surface area contributed by atoms with Gasteiger partial charge in [0.1, 0.15) is 0 Å². The summed E-state index contributed by atoms with van der Waals surface area (Å²) in [6.45, 7) is 7.62. The number of carbonyl (C=O) groups is 1. The van der Waals surface area contributed by atoms with Crippen LogP contribution in [0.15, 0.2) is 30.6 Å². The SMILES string of the molecule is CC1CN(CCCNC(=O)c2cnn(-c3ccc(Cl)cc3Cl)c2)CC(C)O1. The maximum absolute atomic E-state index is 12.3. The predicted molar refractivity (Wildman–Crippen MR) is 107 cm³/mol. The Morgan fingerprint density at radius 2 is 2.04 bits per heavy atom. The maximum Gasteiger partial charge on any atom is 0.254 e. The second-order valence-corrected chi connectivity index (χ2v) is 7.74. The Morgan fingerprint density at radius 3 is 2.74 bits per heavy atom. The van der Waals surface area contributed by atoms with Gasteiger partial charge < -0.3 is 10.1 Å². The lowest BCUT2D eigenvalue weighted by Gasteiger charge is -2.35. The van der Waals surface area contributed by atoms with Crippen LogP contribution in [0.25, 0.3) is 5.69 Å². The first-order valence-corrected chi connectivity index (χ1v) is 9.84. The van der Waals surface area contributed by atoms with Gasteiger partial charge in [-0.15, -0.1) is 0 Å². The van der Waals surface area contributed by atoms with Crippen molar-refractivity contribution in [2.75, 3.05) is 26.2 Å². The van der Waals surface area contributed by atoms with Crippen molar-refractivity contribution in [2.45, 2.75) is 32.5 Å². The van der Waals surface area contributed by atoms with E-state index in [-0.39, 0.29) is 18.1 Å². The number of rotatable bonds is 6. The van der Waals surface area contributed by atoms with Gasteiger partial charge in [0.15, 0.2) is 0 Å². The number of hydrogen-bond acceptors (Lipinski definition) is 4. The van der Waals surface area contributed by atoms with Gasteiger partial charge >= 0.3 is 0 Å². The van der Waals surface area contributed by atoms with Gasteiger partial charge in [0.2, 0.25) is 0 Å². The molecule has 1 fully saturated rings. The molecule has 2 heterocycles. The highest BCUT2D eigenvalue weighted by molar-refractivity contribution is 6.35. The summed E-state index contributed by atoms with van der Waals surface area (Å²) in [5, 5.41) is 8.20. The number of halogens is 2. The van der Waals surface area contributed by atoms with Crippen LogP contribution in [0.5, 0.6) is 0 Å². The third kappa shape index (κ3) is 5.45. The highest BCUT2D eigenvalue weighted by Gasteiger charge is 2.21. The minimum atomic E-state index is -0.143. The van der Waals surface area contributed by atoms with Crippen molar-refractivity contribution >= 4 is 29.1 Å². The van der Waals surface area contributed by atoms with Crippen molar-refractivity contribution in [3.63, 3.8) is 0 Å². The Morgan fingerprint density at radius 1 is 1.30 bits per heavy atom. The zero-order valence-electron chi connectivity index (χ0n) is 15.5. The third-order valence-electron chi connectivity index (χ3n) is 4.43. The minimum absolute atomic E-state index is 0.143. The summed E-state index contributed by atoms with van der Waals surface area (Å²) in [5.74, 6) is -0.143. The molecule has 1 N–H and O–H groups in total.